The lowest BCUT2D eigenvalue weighted by molar-refractivity contribution is -0.134. The van der Waals surface area contributed by atoms with E-state index in [2.05, 4.69) is 5.32 Å². The minimum absolute atomic E-state index is 0.00923. The van der Waals surface area contributed by atoms with Crippen LogP contribution in [0.3, 0.4) is 0 Å². The molecule has 0 bridgehead atoms. The maximum absolute atomic E-state index is 13.9. The molecule has 1 heterocycles. The molecular weight excluding hydrogens is 401 g/mol. The minimum Gasteiger partial charge on any atom is -0.492 e. The first-order valence-electron chi connectivity index (χ1n) is 10.3. The Bertz CT molecular complexity index is 833. The van der Waals surface area contributed by atoms with Crippen LogP contribution in [0.25, 0.3) is 0 Å². The van der Waals surface area contributed by atoms with E-state index in [1.807, 2.05) is 35.2 Å². The summed E-state index contributed by atoms with van der Waals surface area (Å²) in [6.45, 7) is 3.50. The average Bonchev–Trinajstić information content (AvgIpc) is 2.74. The number of nitrogens with one attached hydrogen (secondary N) is 1. The van der Waals surface area contributed by atoms with Crippen LogP contribution in [-0.4, -0.2) is 49.3 Å². The molecule has 4 N–H and O–H groups in total. The molecule has 1 amide bonds. The van der Waals surface area contributed by atoms with Gasteiger partial charge in [0, 0.05) is 32.6 Å². The molecule has 0 saturated carbocycles. The molecule has 8 heteroatoms. The number of ether oxygens (including phenoxy) is 1. The summed E-state index contributed by atoms with van der Waals surface area (Å²) in [6, 6.07) is 14.5. The summed E-state index contributed by atoms with van der Waals surface area (Å²) in [5.41, 5.74) is 6.99. The second kappa shape index (κ2) is 12.5. The van der Waals surface area contributed by atoms with Crippen LogP contribution in [0, 0.1) is 5.82 Å². The van der Waals surface area contributed by atoms with E-state index in [1.165, 1.54) is 6.07 Å². The molecule has 1 saturated heterocycles. The topological polar surface area (TPSA) is 105 Å². The van der Waals surface area contributed by atoms with Crippen molar-refractivity contribution >= 4 is 17.6 Å². The fourth-order valence-corrected chi connectivity index (χ4v) is 3.32. The third kappa shape index (κ3) is 8.64. The number of para-hydroxylation sites is 1. The van der Waals surface area contributed by atoms with Gasteiger partial charge in [0.15, 0.2) is 0 Å². The number of hydrogen-bond donors (Lipinski definition) is 3. The molecule has 0 spiro atoms. The highest BCUT2D eigenvalue weighted by Gasteiger charge is 2.22. The number of nitrogens with zero attached hydrogens (tertiary/aromatic N) is 1. The third-order valence-corrected chi connectivity index (χ3v) is 4.73. The number of rotatable bonds is 7. The normalized spacial score (nSPS) is 13.7. The van der Waals surface area contributed by atoms with E-state index in [1.54, 1.807) is 12.1 Å². The summed E-state index contributed by atoms with van der Waals surface area (Å²) in [5, 5.41) is 10.5. The number of hydrogen-bond acceptors (Lipinski definition) is 5. The first-order chi connectivity index (χ1) is 14.9. The lowest BCUT2D eigenvalue weighted by Gasteiger charge is -2.34. The Morgan fingerprint density at radius 2 is 1.77 bits per heavy atom. The van der Waals surface area contributed by atoms with Crippen LogP contribution in [0.4, 0.5) is 10.1 Å². The fraction of sp³-hybridized carbons (Fsp3) is 0.391. The predicted octanol–water partition coefficient (Wildman–Crippen LogP) is 2.58. The van der Waals surface area contributed by atoms with Gasteiger partial charge in [-0.3, -0.25) is 9.59 Å². The molecule has 168 valence electrons. The SMILES string of the molecule is CC(=O)O.NCCOc1ccc(CC(=O)NC2CCN(c3ccccc3F)CC2)cc1. The number of piperidine rings is 1. The van der Waals surface area contributed by atoms with Gasteiger partial charge in [-0.1, -0.05) is 24.3 Å². The van der Waals surface area contributed by atoms with Gasteiger partial charge in [0.05, 0.1) is 12.1 Å². The standard InChI is InChI=1S/C21H26FN3O2.C2H4O2/c22-19-3-1-2-4-20(19)25-12-9-17(10-13-25)24-21(26)15-16-5-7-18(8-6-16)27-14-11-23;1-2(3)4/h1-8,17H,9-15,23H2,(H,24,26);1H3,(H,3,4). The van der Waals surface area contributed by atoms with Crippen LogP contribution >= 0.6 is 0 Å². The Labute approximate surface area is 182 Å². The van der Waals surface area contributed by atoms with E-state index >= 15 is 0 Å². The van der Waals surface area contributed by atoms with Crippen LogP contribution in [0.5, 0.6) is 5.75 Å². The van der Waals surface area contributed by atoms with E-state index in [4.69, 9.17) is 20.4 Å². The van der Waals surface area contributed by atoms with Crippen molar-refractivity contribution in [3.63, 3.8) is 0 Å². The number of nitrogens with two attached hydrogens (primary N) is 1. The fourth-order valence-electron chi connectivity index (χ4n) is 3.32. The van der Waals surface area contributed by atoms with Crippen molar-refractivity contribution in [1.29, 1.82) is 0 Å². The summed E-state index contributed by atoms with van der Waals surface area (Å²) in [4.78, 5) is 23.4. The molecule has 2 aromatic rings. The van der Waals surface area contributed by atoms with Crippen molar-refractivity contribution < 1.29 is 23.8 Å². The van der Waals surface area contributed by atoms with Crippen LogP contribution in [-0.2, 0) is 16.0 Å². The summed E-state index contributed by atoms with van der Waals surface area (Å²) < 4.78 is 19.3. The van der Waals surface area contributed by atoms with Crippen molar-refractivity contribution in [3.8, 4) is 5.75 Å². The van der Waals surface area contributed by atoms with Gasteiger partial charge >= 0.3 is 0 Å². The van der Waals surface area contributed by atoms with E-state index in [-0.39, 0.29) is 17.8 Å². The molecule has 0 aliphatic carbocycles. The van der Waals surface area contributed by atoms with Gasteiger partial charge in [0.25, 0.3) is 5.97 Å². The van der Waals surface area contributed by atoms with E-state index < -0.39 is 5.97 Å². The quantitative estimate of drug-likeness (QED) is 0.622. The van der Waals surface area contributed by atoms with Gasteiger partial charge in [0.2, 0.25) is 5.91 Å². The van der Waals surface area contributed by atoms with E-state index in [0.29, 0.717) is 25.3 Å². The number of benzene rings is 2. The Kier molecular flexibility index (Phi) is 9.77. The predicted molar refractivity (Wildman–Crippen MR) is 118 cm³/mol. The number of amides is 1. The number of carbonyl (C=O) groups excluding carboxylic acids is 1. The highest BCUT2D eigenvalue weighted by atomic mass is 19.1. The second-order valence-electron chi connectivity index (χ2n) is 7.26. The summed E-state index contributed by atoms with van der Waals surface area (Å²) >= 11 is 0. The molecule has 1 aliphatic heterocycles. The van der Waals surface area contributed by atoms with Crippen molar-refractivity contribution in [3.05, 3.63) is 59.9 Å². The number of halogens is 1. The van der Waals surface area contributed by atoms with Crippen molar-refractivity contribution in [1.82, 2.24) is 5.32 Å². The lowest BCUT2D eigenvalue weighted by atomic mass is 10.0. The molecule has 3 rings (SSSR count). The van der Waals surface area contributed by atoms with E-state index in [0.717, 1.165) is 44.2 Å². The van der Waals surface area contributed by atoms with Crippen molar-refractivity contribution in [2.24, 2.45) is 5.73 Å². The van der Waals surface area contributed by atoms with Crippen LogP contribution in [0.15, 0.2) is 48.5 Å². The number of carbonyl (C=O) groups is 2. The number of carboxylic acids is 1. The molecule has 0 atom stereocenters. The molecule has 2 aromatic carbocycles. The van der Waals surface area contributed by atoms with Crippen LogP contribution < -0.4 is 20.7 Å². The van der Waals surface area contributed by atoms with E-state index in [9.17, 15) is 9.18 Å². The average molecular weight is 432 g/mol. The highest BCUT2D eigenvalue weighted by molar-refractivity contribution is 5.79. The molecule has 0 unspecified atom stereocenters. The molecule has 1 fully saturated rings. The highest BCUT2D eigenvalue weighted by Crippen LogP contribution is 2.23. The van der Waals surface area contributed by atoms with Gasteiger partial charge in [-0.25, -0.2) is 4.39 Å². The minimum atomic E-state index is -0.833. The lowest BCUT2D eigenvalue weighted by Crippen LogP contribution is -2.45. The molecule has 31 heavy (non-hydrogen) atoms. The van der Waals surface area contributed by atoms with Crippen LogP contribution in [0.2, 0.25) is 0 Å². The molecule has 7 nitrogen and oxygen atoms in total. The van der Waals surface area contributed by atoms with Crippen LogP contribution in [0.1, 0.15) is 25.3 Å². The Balaban J connectivity index is 0.000000785. The van der Waals surface area contributed by atoms with Gasteiger partial charge in [-0.2, -0.15) is 0 Å². The maximum atomic E-state index is 13.9. The first-order valence-corrected chi connectivity index (χ1v) is 10.3. The molecular formula is C23H30FN3O4. The van der Waals surface area contributed by atoms with Crippen molar-refractivity contribution in [2.75, 3.05) is 31.1 Å². The van der Waals surface area contributed by atoms with Gasteiger partial charge in [-0.15, -0.1) is 0 Å². The van der Waals surface area contributed by atoms with Crippen molar-refractivity contribution in [2.45, 2.75) is 32.2 Å². The summed E-state index contributed by atoms with van der Waals surface area (Å²) in [7, 11) is 0. The number of aliphatic carboxylic acids is 1. The Morgan fingerprint density at radius 3 is 2.35 bits per heavy atom. The summed E-state index contributed by atoms with van der Waals surface area (Å²) in [5.74, 6) is -0.265. The molecule has 1 aliphatic rings. The number of anilines is 1. The number of carboxylic acid groups (broad SMARTS) is 1. The molecule has 0 aromatic heterocycles. The zero-order valence-electron chi connectivity index (χ0n) is 17.7. The zero-order chi connectivity index (χ0) is 22.6. The Hall–Kier alpha value is -3.13. The third-order valence-electron chi connectivity index (χ3n) is 4.73. The Morgan fingerprint density at radius 1 is 1.16 bits per heavy atom. The second-order valence-corrected chi connectivity index (χ2v) is 7.26. The summed E-state index contributed by atoms with van der Waals surface area (Å²) in [6.07, 6.45) is 1.96. The van der Waals surface area contributed by atoms with Gasteiger partial charge < -0.3 is 25.8 Å². The zero-order valence-corrected chi connectivity index (χ0v) is 17.7. The largest absolute Gasteiger partial charge is 0.492 e. The maximum Gasteiger partial charge on any atom is 0.300 e. The smallest absolute Gasteiger partial charge is 0.300 e. The van der Waals surface area contributed by atoms with Gasteiger partial charge in [-0.05, 0) is 42.7 Å². The monoisotopic (exact) mass is 431 g/mol. The van der Waals surface area contributed by atoms with Gasteiger partial charge in [0.1, 0.15) is 18.2 Å². The molecule has 0 radical (unpaired) electrons. The first kappa shape index (κ1) is 24.1.